The second-order valence-electron chi connectivity index (χ2n) is 9.94. The second-order valence-corrected chi connectivity index (χ2v) is 11.7. The van der Waals surface area contributed by atoms with E-state index in [1.54, 1.807) is 25.1 Å². The first kappa shape index (κ1) is 26.5. The van der Waals surface area contributed by atoms with Crippen LogP contribution in [0.3, 0.4) is 0 Å². The molecule has 1 N–H and O–H groups in total. The van der Waals surface area contributed by atoms with Gasteiger partial charge >= 0.3 is 0 Å². The molecule has 198 valence electrons. The number of aromatic hydroxyl groups is 1. The molecule has 0 spiro atoms. The van der Waals surface area contributed by atoms with Crippen LogP contribution in [0.15, 0.2) is 29.8 Å². The smallest absolute Gasteiger partial charge is 0.254 e. The zero-order chi connectivity index (χ0) is 26.9. The van der Waals surface area contributed by atoms with Crippen molar-refractivity contribution in [3.63, 3.8) is 0 Å². The van der Waals surface area contributed by atoms with Gasteiger partial charge < -0.3 is 9.84 Å². The van der Waals surface area contributed by atoms with Gasteiger partial charge in [0.1, 0.15) is 0 Å². The number of carbonyl (C=O) groups excluding carboxylic acids is 4. The predicted octanol–water partition coefficient (Wildman–Crippen LogP) is 3.91. The molecular formula is C26H27BrCl2N2O6. The summed E-state index contributed by atoms with van der Waals surface area (Å²) in [6.07, 6.45) is 2.68. The summed E-state index contributed by atoms with van der Waals surface area (Å²) >= 11 is 17.5. The number of rotatable bonds is 6. The Balaban J connectivity index is 1.73. The van der Waals surface area contributed by atoms with Crippen molar-refractivity contribution in [2.75, 3.05) is 18.6 Å². The first-order chi connectivity index (χ1) is 17.6. The topological polar surface area (TPSA) is 104 Å². The molecule has 4 amide bonds. The van der Waals surface area contributed by atoms with Crippen LogP contribution >= 0.6 is 39.1 Å². The molecule has 1 aromatic carbocycles. The van der Waals surface area contributed by atoms with Gasteiger partial charge in [-0.05, 0) is 38.2 Å². The van der Waals surface area contributed by atoms with Gasteiger partial charge in [-0.25, -0.2) is 0 Å². The summed E-state index contributed by atoms with van der Waals surface area (Å²) in [4.78, 5) is 52.5. The van der Waals surface area contributed by atoms with E-state index in [2.05, 4.69) is 15.9 Å². The molecule has 2 aliphatic carbocycles. The molecule has 4 aliphatic rings. The fourth-order valence-electron chi connectivity index (χ4n) is 6.65. The van der Waals surface area contributed by atoms with Gasteiger partial charge in [-0.3, -0.25) is 29.0 Å². The van der Waals surface area contributed by atoms with Gasteiger partial charge in [-0.1, -0.05) is 46.6 Å². The van der Waals surface area contributed by atoms with Gasteiger partial charge in [-0.2, -0.15) is 0 Å². The van der Waals surface area contributed by atoms with E-state index >= 15 is 0 Å². The number of para-hydroxylation sites is 1. The number of phenols is 1. The number of fused-ring (bicyclic) bond motifs is 4. The number of carbonyl (C=O) groups is 4. The minimum Gasteiger partial charge on any atom is -0.504 e. The van der Waals surface area contributed by atoms with Crippen molar-refractivity contribution < 1.29 is 29.0 Å². The van der Waals surface area contributed by atoms with E-state index < -0.39 is 45.2 Å². The Hall–Kier alpha value is -2.10. The Morgan fingerprint density at radius 1 is 1.08 bits per heavy atom. The molecule has 2 saturated heterocycles. The van der Waals surface area contributed by atoms with Crippen molar-refractivity contribution in [1.82, 2.24) is 9.80 Å². The number of halogens is 3. The summed E-state index contributed by atoms with van der Waals surface area (Å²) in [5.74, 6) is -4.83. The molecule has 5 rings (SSSR count). The van der Waals surface area contributed by atoms with Crippen molar-refractivity contribution >= 4 is 62.8 Å². The quantitative estimate of drug-likeness (QED) is 0.226. The van der Waals surface area contributed by atoms with Gasteiger partial charge in [0.2, 0.25) is 11.8 Å². The maximum absolute atomic E-state index is 13.8. The summed E-state index contributed by atoms with van der Waals surface area (Å²) in [5, 5.41) is 11.2. The third-order valence-corrected chi connectivity index (χ3v) is 10.1. The number of hydrogen-bond acceptors (Lipinski definition) is 6. The number of allylic oxidation sites excluding steroid dienone is 2. The highest BCUT2D eigenvalue weighted by Crippen LogP contribution is 2.66. The number of likely N-dealkylation sites (tertiary alicyclic amines) is 2. The first-order valence-electron chi connectivity index (χ1n) is 12.4. The summed E-state index contributed by atoms with van der Waals surface area (Å²) in [7, 11) is 0. The van der Waals surface area contributed by atoms with E-state index in [9.17, 15) is 24.3 Å². The molecular weight excluding hydrogens is 587 g/mol. The average molecular weight is 614 g/mol. The Morgan fingerprint density at radius 2 is 1.81 bits per heavy atom. The number of hydrogen-bond donors (Lipinski definition) is 1. The second kappa shape index (κ2) is 9.27. The number of alkyl halides is 3. The molecule has 1 aromatic rings. The zero-order valence-electron chi connectivity index (χ0n) is 20.4. The fraction of sp³-hybridized carbons (Fsp3) is 0.538. The molecule has 0 bridgehead atoms. The number of ether oxygens (including phenoxy) is 1. The predicted molar refractivity (Wildman–Crippen MR) is 140 cm³/mol. The molecule has 0 aromatic heterocycles. The van der Waals surface area contributed by atoms with E-state index in [0.29, 0.717) is 25.1 Å². The van der Waals surface area contributed by atoms with Gasteiger partial charge in [0, 0.05) is 18.0 Å². The number of nitrogens with zero attached hydrogens (tertiary/aromatic N) is 2. The number of imide groups is 2. The van der Waals surface area contributed by atoms with Gasteiger partial charge in [-0.15, -0.1) is 23.2 Å². The van der Waals surface area contributed by atoms with Crippen LogP contribution in [0.1, 0.15) is 44.6 Å². The molecule has 3 fully saturated rings. The summed E-state index contributed by atoms with van der Waals surface area (Å²) in [5.41, 5.74) is 0.802. The number of amides is 4. The van der Waals surface area contributed by atoms with Crippen LogP contribution in [0, 0.1) is 17.8 Å². The van der Waals surface area contributed by atoms with Crippen LogP contribution in [0.5, 0.6) is 11.5 Å². The average Bonchev–Trinajstić information content (AvgIpc) is 3.19. The lowest BCUT2D eigenvalue weighted by atomic mass is 9.56. The van der Waals surface area contributed by atoms with Crippen LogP contribution in [0.4, 0.5) is 0 Å². The highest BCUT2D eigenvalue weighted by atomic mass is 79.9. The normalized spacial score (nSPS) is 34.9. The lowest BCUT2D eigenvalue weighted by Crippen LogP contribution is -2.60. The Kier molecular flexibility index (Phi) is 6.64. The standard InChI is InChI=1S/C26H27BrCl2N2O6/c1-3-10-30-21(33)14-9-8-13-16(18(14)22(30)34)11-25(28)23(35)31(12-27)24(36)26(25,29)19(13)15-6-5-7-17(20(15)32)37-4-2/h5-8,14,16,18-19,32H,3-4,9-12H2,1-2H3/t14-,16+,18-,19+,25+,26-/m0/s1. The molecule has 11 heteroatoms. The monoisotopic (exact) mass is 612 g/mol. The van der Waals surface area contributed by atoms with Crippen molar-refractivity contribution in [3.8, 4) is 11.5 Å². The molecule has 6 atom stereocenters. The van der Waals surface area contributed by atoms with E-state index in [1.165, 1.54) is 4.90 Å². The molecule has 37 heavy (non-hydrogen) atoms. The summed E-state index contributed by atoms with van der Waals surface area (Å²) in [6.45, 7) is 4.27. The van der Waals surface area contributed by atoms with E-state index in [1.807, 2.05) is 13.0 Å². The largest absolute Gasteiger partial charge is 0.504 e. The minimum absolute atomic E-state index is 0.0828. The van der Waals surface area contributed by atoms with Gasteiger partial charge in [0.05, 0.1) is 23.9 Å². The minimum atomic E-state index is -1.97. The van der Waals surface area contributed by atoms with Crippen LogP contribution < -0.4 is 4.74 Å². The lowest BCUT2D eigenvalue weighted by molar-refractivity contribution is -0.141. The Bertz CT molecular complexity index is 1240. The van der Waals surface area contributed by atoms with Crippen molar-refractivity contribution in [2.45, 2.75) is 48.8 Å². The van der Waals surface area contributed by atoms with E-state index in [0.717, 1.165) is 4.90 Å². The molecule has 2 heterocycles. The lowest BCUT2D eigenvalue weighted by Gasteiger charge is -2.50. The number of phenolic OH excluding ortho intramolecular Hbond substituents is 1. The van der Waals surface area contributed by atoms with Crippen LogP contribution in [0.2, 0.25) is 0 Å². The zero-order valence-corrected chi connectivity index (χ0v) is 23.5. The summed E-state index contributed by atoms with van der Waals surface area (Å²) in [6, 6.07) is 4.89. The highest BCUT2D eigenvalue weighted by molar-refractivity contribution is 9.09. The summed E-state index contributed by atoms with van der Waals surface area (Å²) < 4.78 is 5.58. The van der Waals surface area contributed by atoms with Crippen LogP contribution in [-0.2, 0) is 19.2 Å². The van der Waals surface area contributed by atoms with Crippen molar-refractivity contribution in [2.24, 2.45) is 17.8 Å². The van der Waals surface area contributed by atoms with Gasteiger partial charge in [0.15, 0.2) is 21.2 Å². The SMILES string of the molecule is CCCN1C(=O)[C@H]2[C@H](CC=C3[C@H]2C[C@@]2(Cl)C(=O)N(CBr)C(=O)[C@@]2(Cl)[C@H]3c2cccc(OCC)c2O)C1=O. The van der Waals surface area contributed by atoms with Crippen LogP contribution in [-0.4, -0.2) is 66.9 Å². The van der Waals surface area contributed by atoms with Crippen molar-refractivity contribution in [1.29, 1.82) is 0 Å². The third kappa shape index (κ3) is 3.39. The van der Waals surface area contributed by atoms with Gasteiger partial charge in [0.25, 0.3) is 11.8 Å². The fourth-order valence-corrected chi connectivity index (χ4v) is 8.07. The van der Waals surface area contributed by atoms with Crippen LogP contribution in [0.25, 0.3) is 0 Å². The molecule has 1 saturated carbocycles. The molecule has 8 nitrogen and oxygen atoms in total. The maximum atomic E-state index is 13.8. The molecule has 0 unspecified atom stereocenters. The maximum Gasteiger partial charge on any atom is 0.254 e. The third-order valence-electron chi connectivity index (χ3n) is 8.19. The first-order valence-corrected chi connectivity index (χ1v) is 14.3. The van der Waals surface area contributed by atoms with E-state index in [-0.39, 0.29) is 47.2 Å². The Morgan fingerprint density at radius 3 is 2.46 bits per heavy atom. The molecule has 0 radical (unpaired) electrons. The van der Waals surface area contributed by atoms with E-state index in [4.69, 9.17) is 27.9 Å². The highest BCUT2D eigenvalue weighted by Gasteiger charge is 2.76. The molecule has 2 aliphatic heterocycles. The Labute approximate surface area is 233 Å². The number of benzene rings is 1. The van der Waals surface area contributed by atoms with Crippen molar-refractivity contribution in [3.05, 3.63) is 35.4 Å².